The van der Waals surface area contributed by atoms with Gasteiger partial charge in [-0.2, -0.15) is 11.3 Å². The summed E-state index contributed by atoms with van der Waals surface area (Å²) in [4.78, 5) is 2.50. The summed E-state index contributed by atoms with van der Waals surface area (Å²) in [6.45, 7) is 1.92. The van der Waals surface area contributed by atoms with Crippen LogP contribution in [0.25, 0.3) is 0 Å². The van der Waals surface area contributed by atoms with Crippen molar-refractivity contribution in [3.05, 3.63) is 22.4 Å². The van der Waals surface area contributed by atoms with Crippen LogP contribution in [0.15, 0.2) is 16.8 Å². The maximum absolute atomic E-state index is 5.88. The van der Waals surface area contributed by atoms with E-state index in [-0.39, 0.29) is 0 Å². The number of hydrogen-bond acceptors (Lipinski definition) is 3. The molecular formula is C13H22N2S. The van der Waals surface area contributed by atoms with Crippen molar-refractivity contribution in [1.82, 2.24) is 4.90 Å². The molecule has 1 aliphatic rings. The van der Waals surface area contributed by atoms with Gasteiger partial charge in [0, 0.05) is 12.6 Å². The van der Waals surface area contributed by atoms with Crippen LogP contribution < -0.4 is 5.73 Å². The molecule has 1 aromatic heterocycles. The van der Waals surface area contributed by atoms with Crippen LogP contribution in [0.3, 0.4) is 0 Å². The van der Waals surface area contributed by atoms with Gasteiger partial charge in [-0.05, 0) is 54.7 Å². The molecule has 90 valence electrons. The third-order valence-electron chi connectivity index (χ3n) is 3.75. The van der Waals surface area contributed by atoms with Gasteiger partial charge in [-0.15, -0.1) is 0 Å². The van der Waals surface area contributed by atoms with Gasteiger partial charge >= 0.3 is 0 Å². The molecule has 0 amide bonds. The van der Waals surface area contributed by atoms with Gasteiger partial charge in [-0.1, -0.05) is 12.8 Å². The van der Waals surface area contributed by atoms with Crippen molar-refractivity contribution in [3.8, 4) is 0 Å². The van der Waals surface area contributed by atoms with E-state index in [1.165, 1.54) is 31.2 Å². The van der Waals surface area contributed by atoms with E-state index in [1.54, 1.807) is 11.3 Å². The van der Waals surface area contributed by atoms with Crippen LogP contribution in [0.5, 0.6) is 0 Å². The Hall–Kier alpha value is -0.380. The molecule has 0 saturated heterocycles. The zero-order chi connectivity index (χ0) is 11.4. The van der Waals surface area contributed by atoms with E-state index in [2.05, 4.69) is 28.8 Å². The highest BCUT2D eigenvalue weighted by atomic mass is 32.1. The van der Waals surface area contributed by atoms with Crippen LogP contribution in [0.4, 0.5) is 0 Å². The number of rotatable bonds is 4. The van der Waals surface area contributed by atoms with Gasteiger partial charge in [0.2, 0.25) is 0 Å². The third-order valence-corrected chi connectivity index (χ3v) is 4.48. The van der Waals surface area contributed by atoms with Gasteiger partial charge in [-0.3, -0.25) is 4.90 Å². The summed E-state index contributed by atoms with van der Waals surface area (Å²) in [5.41, 5.74) is 7.32. The fourth-order valence-electron chi connectivity index (χ4n) is 2.83. The van der Waals surface area contributed by atoms with E-state index >= 15 is 0 Å². The van der Waals surface area contributed by atoms with Crippen LogP contribution in [0, 0.1) is 5.92 Å². The maximum Gasteiger partial charge on any atom is 0.0242 e. The molecule has 0 aromatic carbocycles. The van der Waals surface area contributed by atoms with Gasteiger partial charge < -0.3 is 5.73 Å². The molecule has 1 heterocycles. The topological polar surface area (TPSA) is 29.3 Å². The Balaban J connectivity index is 1.94. The lowest BCUT2D eigenvalue weighted by Crippen LogP contribution is -2.42. The van der Waals surface area contributed by atoms with Crippen LogP contribution in [-0.4, -0.2) is 24.5 Å². The van der Waals surface area contributed by atoms with Crippen molar-refractivity contribution in [2.24, 2.45) is 11.7 Å². The smallest absolute Gasteiger partial charge is 0.0242 e. The second kappa shape index (κ2) is 5.80. The minimum atomic E-state index is 0.693. The van der Waals surface area contributed by atoms with Crippen molar-refractivity contribution >= 4 is 11.3 Å². The lowest BCUT2D eigenvalue weighted by Gasteiger charge is -2.37. The molecule has 0 aliphatic heterocycles. The summed E-state index contributed by atoms with van der Waals surface area (Å²) in [7, 11) is 2.25. The molecule has 0 bridgehead atoms. The first-order valence-corrected chi connectivity index (χ1v) is 7.17. The van der Waals surface area contributed by atoms with Gasteiger partial charge in [0.15, 0.2) is 0 Å². The molecule has 1 saturated carbocycles. The number of hydrogen-bond donors (Lipinski definition) is 1. The van der Waals surface area contributed by atoms with Crippen LogP contribution in [0.1, 0.15) is 31.2 Å². The highest BCUT2D eigenvalue weighted by Crippen LogP contribution is 2.28. The van der Waals surface area contributed by atoms with Crippen LogP contribution >= 0.6 is 11.3 Å². The van der Waals surface area contributed by atoms with E-state index in [1.807, 2.05) is 0 Å². The highest BCUT2D eigenvalue weighted by molar-refractivity contribution is 7.07. The van der Waals surface area contributed by atoms with E-state index in [4.69, 9.17) is 5.73 Å². The monoisotopic (exact) mass is 238 g/mol. The summed E-state index contributed by atoms with van der Waals surface area (Å²) in [5, 5.41) is 4.40. The molecule has 1 aliphatic carbocycles. The minimum Gasteiger partial charge on any atom is -0.330 e. The third kappa shape index (κ3) is 2.84. The van der Waals surface area contributed by atoms with Crippen molar-refractivity contribution in [2.75, 3.05) is 13.6 Å². The normalized spacial score (nSPS) is 26.2. The van der Waals surface area contributed by atoms with Gasteiger partial charge in [0.25, 0.3) is 0 Å². The molecule has 2 nitrogen and oxygen atoms in total. The largest absolute Gasteiger partial charge is 0.330 e. The standard InChI is InChI=1S/C13H22N2S/c1-15(9-11-6-7-16-10-11)13-5-3-2-4-12(13)8-14/h6-7,10,12-13H,2-5,8-9,14H2,1H3. The lowest BCUT2D eigenvalue weighted by molar-refractivity contribution is 0.127. The van der Waals surface area contributed by atoms with E-state index in [0.29, 0.717) is 12.0 Å². The van der Waals surface area contributed by atoms with Crippen LogP contribution in [0.2, 0.25) is 0 Å². The minimum absolute atomic E-state index is 0.693. The van der Waals surface area contributed by atoms with Crippen molar-refractivity contribution < 1.29 is 0 Å². The first-order chi connectivity index (χ1) is 7.81. The Morgan fingerprint density at radius 1 is 1.44 bits per heavy atom. The van der Waals surface area contributed by atoms with Crippen LogP contribution in [-0.2, 0) is 6.54 Å². The Labute approximate surface area is 102 Å². The quantitative estimate of drug-likeness (QED) is 0.874. The average molecular weight is 238 g/mol. The van der Waals surface area contributed by atoms with E-state index < -0.39 is 0 Å². The Morgan fingerprint density at radius 3 is 2.94 bits per heavy atom. The fourth-order valence-corrected chi connectivity index (χ4v) is 3.49. The van der Waals surface area contributed by atoms with Gasteiger partial charge in [0.05, 0.1) is 0 Å². The Morgan fingerprint density at radius 2 is 2.25 bits per heavy atom. The summed E-state index contributed by atoms with van der Waals surface area (Å²) in [6, 6.07) is 2.92. The maximum atomic E-state index is 5.88. The van der Waals surface area contributed by atoms with E-state index in [0.717, 1.165) is 13.1 Å². The second-order valence-electron chi connectivity index (χ2n) is 4.89. The van der Waals surface area contributed by atoms with Crippen molar-refractivity contribution in [3.63, 3.8) is 0 Å². The molecule has 16 heavy (non-hydrogen) atoms. The molecule has 1 fully saturated rings. The number of thiophene rings is 1. The molecule has 2 rings (SSSR count). The van der Waals surface area contributed by atoms with E-state index in [9.17, 15) is 0 Å². The molecule has 3 heteroatoms. The fraction of sp³-hybridized carbons (Fsp3) is 0.692. The molecule has 2 unspecified atom stereocenters. The summed E-state index contributed by atoms with van der Waals surface area (Å²) >= 11 is 1.78. The van der Waals surface area contributed by atoms with Gasteiger partial charge in [0.1, 0.15) is 0 Å². The molecule has 1 aromatic rings. The Kier molecular flexibility index (Phi) is 4.38. The molecular weight excluding hydrogens is 216 g/mol. The molecule has 0 spiro atoms. The van der Waals surface area contributed by atoms with Gasteiger partial charge in [-0.25, -0.2) is 0 Å². The first kappa shape index (κ1) is 12.1. The predicted molar refractivity (Wildman–Crippen MR) is 70.6 cm³/mol. The predicted octanol–water partition coefficient (Wildman–Crippen LogP) is 2.70. The van der Waals surface area contributed by atoms with Crippen molar-refractivity contribution in [2.45, 2.75) is 38.3 Å². The molecule has 2 N–H and O–H groups in total. The molecule has 2 atom stereocenters. The first-order valence-electron chi connectivity index (χ1n) is 6.22. The number of nitrogens with zero attached hydrogens (tertiary/aromatic N) is 1. The summed E-state index contributed by atoms with van der Waals surface area (Å²) in [6.07, 6.45) is 5.37. The average Bonchev–Trinajstić information content (AvgIpc) is 2.81. The molecule has 0 radical (unpaired) electrons. The zero-order valence-electron chi connectivity index (χ0n) is 10.1. The second-order valence-corrected chi connectivity index (χ2v) is 5.67. The SMILES string of the molecule is CN(Cc1ccsc1)C1CCCCC1CN. The highest BCUT2D eigenvalue weighted by Gasteiger charge is 2.27. The summed E-state index contributed by atoms with van der Waals surface area (Å²) < 4.78 is 0. The number of nitrogens with two attached hydrogens (primary N) is 1. The summed E-state index contributed by atoms with van der Waals surface area (Å²) in [5.74, 6) is 0.706. The Bertz CT molecular complexity index is 297. The van der Waals surface area contributed by atoms with Crippen molar-refractivity contribution in [1.29, 1.82) is 0 Å². The zero-order valence-corrected chi connectivity index (χ0v) is 10.9. The lowest BCUT2D eigenvalue weighted by atomic mass is 9.83.